The molecule has 0 bridgehead atoms. The Morgan fingerprint density at radius 2 is 1.70 bits per heavy atom. The fraction of sp³-hybridized carbons (Fsp3) is 0.353. The van der Waals surface area contributed by atoms with Gasteiger partial charge in [-0.3, -0.25) is 9.59 Å². The molecule has 1 aliphatic carbocycles. The fourth-order valence-electron chi connectivity index (χ4n) is 6.03. The molecule has 1 atom stereocenters. The summed E-state index contributed by atoms with van der Waals surface area (Å²) in [7, 11) is -0.627. The molecule has 3 aromatic carbocycles. The second kappa shape index (κ2) is 15.6. The average molecular weight is 707 g/mol. The number of halogens is 1. The standard InChI is InChI=1S/C34H39FN8O6S/c1-20-16-26(50(48,49)43(2)3)13-15-27(20)23-8-4-21(5-9-23)17-30(38-32(44)24-10-6-22(7-11-24)19-36-34(46)47)33(45)37-25-12-14-28(29(35)18-25)31-39-41-42-40-31/h4-5,8-9,12-16,18,22,24,30,36H,6-7,10-11,17,19H2,1-3H3,(H,37,45)(H,38,44)(H,46,47)(H,39,40,41,42)/t22?,24?,30-/m0/s1. The van der Waals surface area contributed by atoms with E-state index in [1.165, 1.54) is 26.2 Å². The fourth-order valence-corrected chi connectivity index (χ4v) is 7.01. The topological polar surface area (TPSA) is 199 Å². The number of nitrogens with one attached hydrogen (secondary N) is 4. The van der Waals surface area contributed by atoms with Crippen LogP contribution in [0.1, 0.15) is 36.8 Å². The van der Waals surface area contributed by atoms with E-state index in [2.05, 4.69) is 36.6 Å². The lowest BCUT2D eigenvalue weighted by molar-refractivity contribution is -0.130. The van der Waals surface area contributed by atoms with Crippen molar-refractivity contribution in [1.29, 1.82) is 0 Å². The Hall–Kier alpha value is -5.22. The van der Waals surface area contributed by atoms with Crippen LogP contribution in [-0.4, -0.2) is 83.0 Å². The van der Waals surface area contributed by atoms with E-state index in [0.717, 1.165) is 32.6 Å². The summed E-state index contributed by atoms with van der Waals surface area (Å²) in [5, 5.41) is 30.2. The molecule has 1 saturated carbocycles. The number of tetrazole rings is 1. The number of rotatable bonds is 12. The van der Waals surface area contributed by atoms with Gasteiger partial charge in [-0.2, -0.15) is 5.21 Å². The van der Waals surface area contributed by atoms with Crippen molar-refractivity contribution in [2.45, 2.75) is 50.0 Å². The maximum Gasteiger partial charge on any atom is 0.404 e. The monoisotopic (exact) mass is 706 g/mol. The molecule has 0 unspecified atom stereocenters. The summed E-state index contributed by atoms with van der Waals surface area (Å²) in [5.41, 5.74) is 3.49. The van der Waals surface area contributed by atoms with Crippen LogP contribution in [0, 0.1) is 24.6 Å². The number of carbonyl (C=O) groups excluding carboxylic acids is 2. The maximum absolute atomic E-state index is 14.9. The minimum Gasteiger partial charge on any atom is -0.465 e. The second-order valence-electron chi connectivity index (χ2n) is 12.5. The van der Waals surface area contributed by atoms with Gasteiger partial charge < -0.3 is 21.1 Å². The Kier molecular flexibility index (Phi) is 11.2. The third kappa shape index (κ3) is 8.67. The van der Waals surface area contributed by atoms with Gasteiger partial charge in [0.1, 0.15) is 11.9 Å². The van der Waals surface area contributed by atoms with Gasteiger partial charge in [-0.1, -0.05) is 30.3 Å². The summed E-state index contributed by atoms with van der Waals surface area (Å²) < 4.78 is 41.2. The van der Waals surface area contributed by atoms with Crippen LogP contribution in [0.2, 0.25) is 0 Å². The first-order chi connectivity index (χ1) is 23.8. The zero-order chi connectivity index (χ0) is 36.0. The molecule has 0 saturated heterocycles. The zero-order valence-corrected chi connectivity index (χ0v) is 28.6. The Morgan fingerprint density at radius 1 is 1.00 bits per heavy atom. The van der Waals surface area contributed by atoms with Gasteiger partial charge in [0.2, 0.25) is 27.7 Å². The van der Waals surface area contributed by atoms with Crippen molar-refractivity contribution in [3.8, 4) is 22.5 Å². The molecule has 1 fully saturated rings. The highest BCUT2D eigenvalue weighted by Gasteiger charge is 2.30. The number of hydrogen-bond acceptors (Lipinski definition) is 8. The van der Waals surface area contributed by atoms with Gasteiger partial charge in [0, 0.05) is 38.7 Å². The highest BCUT2D eigenvalue weighted by molar-refractivity contribution is 7.89. The van der Waals surface area contributed by atoms with Crippen molar-refractivity contribution in [3.05, 3.63) is 77.6 Å². The van der Waals surface area contributed by atoms with Gasteiger partial charge in [-0.05, 0) is 96.3 Å². The van der Waals surface area contributed by atoms with Crippen LogP contribution < -0.4 is 16.0 Å². The molecule has 1 heterocycles. The van der Waals surface area contributed by atoms with E-state index in [9.17, 15) is 27.2 Å². The molecule has 0 aliphatic heterocycles. The number of H-pyrrole nitrogens is 1. The van der Waals surface area contributed by atoms with E-state index >= 15 is 0 Å². The van der Waals surface area contributed by atoms with Gasteiger partial charge in [0.05, 0.1) is 10.5 Å². The van der Waals surface area contributed by atoms with Gasteiger partial charge in [0.15, 0.2) is 0 Å². The summed E-state index contributed by atoms with van der Waals surface area (Å²) in [6.07, 6.45) is 1.50. The van der Waals surface area contributed by atoms with Crippen LogP contribution in [0.15, 0.2) is 65.6 Å². The molecular weight excluding hydrogens is 667 g/mol. The van der Waals surface area contributed by atoms with Crippen molar-refractivity contribution < 1.29 is 32.3 Å². The van der Waals surface area contributed by atoms with E-state index in [1.54, 1.807) is 18.2 Å². The van der Waals surface area contributed by atoms with Crippen LogP contribution in [-0.2, 0) is 26.0 Å². The number of aryl methyl sites for hydroxylation is 1. The van der Waals surface area contributed by atoms with Crippen LogP contribution in [0.4, 0.5) is 14.9 Å². The van der Waals surface area contributed by atoms with Crippen molar-refractivity contribution in [2.24, 2.45) is 11.8 Å². The third-order valence-electron chi connectivity index (χ3n) is 8.90. The van der Waals surface area contributed by atoms with Crippen molar-refractivity contribution in [3.63, 3.8) is 0 Å². The number of amides is 3. The van der Waals surface area contributed by atoms with Crippen molar-refractivity contribution in [1.82, 2.24) is 35.6 Å². The summed E-state index contributed by atoms with van der Waals surface area (Å²) in [5.74, 6) is -1.64. The number of nitrogens with zero attached hydrogens (tertiary/aromatic N) is 4. The molecular formula is C34H39FN8O6S. The third-order valence-corrected chi connectivity index (χ3v) is 10.7. The van der Waals surface area contributed by atoms with Crippen LogP contribution in [0.3, 0.4) is 0 Å². The summed E-state index contributed by atoms with van der Waals surface area (Å²) >= 11 is 0. The molecule has 1 aliphatic rings. The lowest BCUT2D eigenvalue weighted by Crippen LogP contribution is -2.48. The lowest BCUT2D eigenvalue weighted by atomic mass is 9.81. The van der Waals surface area contributed by atoms with E-state index in [-0.39, 0.29) is 46.1 Å². The molecule has 16 heteroatoms. The molecule has 0 spiro atoms. The number of carbonyl (C=O) groups is 3. The lowest BCUT2D eigenvalue weighted by Gasteiger charge is -2.29. The smallest absolute Gasteiger partial charge is 0.404 e. The van der Waals surface area contributed by atoms with Crippen LogP contribution >= 0.6 is 0 Å². The Balaban J connectivity index is 1.32. The van der Waals surface area contributed by atoms with Crippen molar-refractivity contribution in [2.75, 3.05) is 26.0 Å². The number of sulfonamides is 1. The van der Waals surface area contributed by atoms with E-state index in [4.69, 9.17) is 5.11 Å². The van der Waals surface area contributed by atoms with Gasteiger partial charge in [-0.15, -0.1) is 10.2 Å². The summed E-state index contributed by atoms with van der Waals surface area (Å²) in [6, 6.07) is 15.4. The number of hydrogen-bond donors (Lipinski definition) is 5. The number of anilines is 1. The minimum atomic E-state index is -3.58. The normalized spacial score (nSPS) is 16.8. The predicted octanol–water partition coefficient (Wildman–Crippen LogP) is 3.97. The van der Waals surface area contributed by atoms with E-state index in [0.29, 0.717) is 32.2 Å². The molecule has 264 valence electrons. The van der Waals surface area contributed by atoms with Crippen LogP contribution in [0.5, 0.6) is 0 Å². The number of benzene rings is 3. The average Bonchev–Trinajstić information content (AvgIpc) is 3.62. The molecule has 5 rings (SSSR count). The van der Waals surface area contributed by atoms with E-state index < -0.39 is 33.9 Å². The first-order valence-electron chi connectivity index (χ1n) is 16.1. The van der Waals surface area contributed by atoms with E-state index in [1.807, 2.05) is 31.2 Å². The summed E-state index contributed by atoms with van der Waals surface area (Å²) in [4.78, 5) is 38.2. The summed E-state index contributed by atoms with van der Waals surface area (Å²) in [6.45, 7) is 2.16. The quantitative estimate of drug-likeness (QED) is 0.145. The zero-order valence-electron chi connectivity index (χ0n) is 27.8. The Labute approximate surface area is 288 Å². The van der Waals surface area contributed by atoms with Gasteiger partial charge >= 0.3 is 6.09 Å². The maximum atomic E-state index is 14.9. The Morgan fingerprint density at radius 3 is 2.30 bits per heavy atom. The van der Waals surface area contributed by atoms with Gasteiger partial charge in [0.25, 0.3) is 0 Å². The highest BCUT2D eigenvalue weighted by atomic mass is 32.2. The molecule has 3 amide bonds. The number of carboxylic acid groups (broad SMARTS) is 1. The molecule has 0 radical (unpaired) electrons. The van der Waals surface area contributed by atoms with Crippen LogP contribution in [0.25, 0.3) is 22.5 Å². The molecule has 50 heavy (non-hydrogen) atoms. The van der Waals surface area contributed by atoms with Crippen molar-refractivity contribution >= 4 is 33.6 Å². The first kappa shape index (κ1) is 36.1. The number of aromatic amines is 1. The predicted molar refractivity (Wildman–Crippen MR) is 183 cm³/mol. The van der Waals surface area contributed by atoms with Gasteiger partial charge in [-0.25, -0.2) is 21.9 Å². The molecule has 1 aromatic heterocycles. The minimum absolute atomic E-state index is 0.0622. The second-order valence-corrected chi connectivity index (χ2v) is 14.7. The molecule has 4 aromatic rings. The Bertz CT molecular complexity index is 1950. The number of aromatic nitrogens is 4. The molecule has 14 nitrogen and oxygen atoms in total. The molecule has 5 N–H and O–H groups in total. The SMILES string of the molecule is Cc1cc(S(=O)(=O)N(C)C)ccc1-c1ccc(C[C@H](NC(=O)C2CCC(CNC(=O)O)CC2)C(=O)Nc2ccc(-c3nn[nH]n3)c(F)c2)cc1. The largest absolute Gasteiger partial charge is 0.465 e. The first-order valence-corrected chi connectivity index (χ1v) is 17.5. The highest BCUT2D eigenvalue weighted by Crippen LogP contribution is 2.30.